The quantitative estimate of drug-likeness (QED) is 0.703. The van der Waals surface area contributed by atoms with Gasteiger partial charge >= 0.3 is 0 Å². The third kappa shape index (κ3) is 1.12. The Labute approximate surface area is 71.6 Å². The Hall–Kier alpha value is -0.890. The average Bonchev–Trinajstić information content (AvgIpc) is 2.01. The van der Waals surface area contributed by atoms with Crippen LogP contribution in [-0.2, 0) is 6.42 Å². The van der Waals surface area contributed by atoms with E-state index in [1.54, 1.807) is 12.1 Å². The Kier molecular flexibility index (Phi) is 1.85. The Bertz CT molecular complexity index is 296. The van der Waals surface area contributed by atoms with E-state index in [-0.39, 0.29) is 5.82 Å². The average molecular weight is 165 g/mol. The lowest BCUT2D eigenvalue weighted by molar-refractivity contribution is 0.554. The van der Waals surface area contributed by atoms with Crippen LogP contribution < -0.4 is 5.32 Å². The van der Waals surface area contributed by atoms with Gasteiger partial charge in [0.1, 0.15) is 5.82 Å². The van der Waals surface area contributed by atoms with Crippen molar-refractivity contribution in [3.8, 4) is 0 Å². The number of hydrogen-bond acceptors (Lipinski definition) is 1. The summed E-state index contributed by atoms with van der Waals surface area (Å²) in [4.78, 5) is 0. The van der Waals surface area contributed by atoms with Crippen molar-refractivity contribution in [3.05, 3.63) is 35.1 Å². The number of benzene rings is 1. The molecule has 0 spiro atoms. The van der Waals surface area contributed by atoms with Gasteiger partial charge in [-0.25, -0.2) is 4.39 Å². The summed E-state index contributed by atoms with van der Waals surface area (Å²) in [7, 11) is 1.95. The van der Waals surface area contributed by atoms with Gasteiger partial charge in [0.25, 0.3) is 0 Å². The molecule has 1 aliphatic carbocycles. The number of halogens is 1. The van der Waals surface area contributed by atoms with E-state index in [0.29, 0.717) is 5.92 Å². The third-order valence-electron chi connectivity index (χ3n) is 2.46. The summed E-state index contributed by atoms with van der Waals surface area (Å²) in [6, 6.07) is 5.08. The van der Waals surface area contributed by atoms with E-state index in [2.05, 4.69) is 5.32 Å². The van der Waals surface area contributed by atoms with Gasteiger partial charge < -0.3 is 5.32 Å². The van der Waals surface area contributed by atoms with E-state index in [1.807, 2.05) is 13.1 Å². The summed E-state index contributed by atoms with van der Waals surface area (Å²) in [5.74, 6) is 0.488. The van der Waals surface area contributed by atoms with Crippen molar-refractivity contribution in [1.82, 2.24) is 5.32 Å². The van der Waals surface area contributed by atoms with Crippen molar-refractivity contribution in [1.29, 1.82) is 0 Å². The Balaban J connectivity index is 2.19. The Morgan fingerprint density at radius 1 is 1.58 bits per heavy atom. The third-order valence-corrected chi connectivity index (χ3v) is 2.46. The topological polar surface area (TPSA) is 12.0 Å². The molecule has 0 aromatic heterocycles. The van der Waals surface area contributed by atoms with Crippen molar-refractivity contribution in [3.63, 3.8) is 0 Å². The molecule has 0 fully saturated rings. The first kappa shape index (κ1) is 7.74. The highest BCUT2D eigenvalue weighted by atomic mass is 19.1. The lowest BCUT2D eigenvalue weighted by atomic mass is 9.77. The number of rotatable bonds is 2. The summed E-state index contributed by atoms with van der Waals surface area (Å²) < 4.78 is 12.7. The fourth-order valence-electron chi connectivity index (χ4n) is 1.82. The van der Waals surface area contributed by atoms with Crippen LogP contribution in [0.25, 0.3) is 0 Å². The highest BCUT2D eigenvalue weighted by Crippen LogP contribution is 2.34. The van der Waals surface area contributed by atoms with Gasteiger partial charge in [0.2, 0.25) is 0 Å². The predicted molar refractivity (Wildman–Crippen MR) is 46.8 cm³/mol. The Morgan fingerprint density at radius 2 is 2.42 bits per heavy atom. The molecule has 0 radical (unpaired) electrons. The molecule has 12 heavy (non-hydrogen) atoms. The van der Waals surface area contributed by atoms with E-state index < -0.39 is 0 Å². The second-order valence-corrected chi connectivity index (χ2v) is 3.30. The van der Waals surface area contributed by atoms with Crippen LogP contribution in [0.5, 0.6) is 0 Å². The minimum Gasteiger partial charge on any atom is -0.319 e. The molecule has 0 amide bonds. The van der Waals surface area contributed by atoms with Gasteiger partial charge in [0.15, 0.2) is 0 Å². The lowest BCUT2D eigenvalue weighted by Gasteiger charge is -2.29. The van der Waals surface area contributed by atoms with Gasteiger partial charge in [-0.15, -0.1) is 0 Å². The standard InChI is InChI=1S/C10H12FN/c1-12-6-8-4-7-5-9(11)2-3-10(7)8/h2-3,5,8,12H,4,6H2,1H3. The zero-order chi connectivity index (χ0) is 8.55. The summed E-state index contributed by atoms with van der Waals surface area (Å²) in [6.07, 6.45) is 1.02. The largest absolute Gasteiger partial charge is 0.319 e. The van der Waals surface area contributed by atoms with Crippen LogP contribution >= 0.6 is 0 Å². The van der Waals surface area contributed by atoms with Crippen molar-refractivity contribution in [2.45, 2.75) is 12.3 Å². The highest BCUT2D eigenvalue weighted by molar-refractivity contribution is 5.40. The minimum atomic E-state index is -0.114. The minimum absolute atomic E-state index is 0.114. The number of nitrogens with one attached hydrogen (secondary N) is 1. The van der Waals surface area contributed by atoms with E-state index >= 15 is 0 Å². The van der Waals surface area contributed by atoms with Gasteiger partial charge in [-0.3, -0.25) is 0 Å². The zero-order valence-electron chi connectivity index (χ0n) is 7.10. The second-order valence-electron chi connectivity index (χ2n) is 3.30. The normalized spacial score (nSPS) is 20.0. The lowest BCUT2D eigenvalue weighted by Crippen LogP contribution is -2.27. The fraction of sp³-hybridized carbons (Fsp3) is 0.400. The number of hydrogen-bond donors (Lipinski definition) is 1. The molecule has 0 saturated heterocycles. The van der Waals surface area contributed by atoms with Gasteiger partial charge in [0.05, 0.1) is 0 Å². The SMILES string of the molecule is CNCC1Cc2cc(F)ccc21. The molecule has 1 aromatic rings. The molecule has 1 unspecified atom stereocenters. The maximum atomic E-state index is 12.7. The summed E-state index contributed by atoms with van der Waals surface area (Å²) in [5, 5.41) is 3.13. The van der Waals surface area contributed by atoms with Gasteiger partial charge in [-0.2, -0.15) is 0 Å². The molecule has 1 aromatic carbocycles. The Morgan fingerprint density at radius 3 is 3.08 bits per heavy atom. The van der Waals surface area contributed by atoms with Crippen molar-refractivity contribution in [2.24, 2.45) is 0 Å². The van der Waals surface area contributed by atoms with Crippen LogP contribution in [0.1, 0.15) is 17.0 Å². The first-order chi connectivity index (χ1) is 5.81. The van der Waals surface area contributed by atoms with E-state index in [4.69, 9.17) is 0 Å². The van der Waals surface area contributed by atoms with Crippen LogP contribution in [-0.4, -0.2) is 13.6 Å². The second kappa shape index (κ2) is 2.87. The summed E-state index contributed by atoms with van der Waals surface area (Å²) in [6.45, 7) is 0.999. The molecule has 0 aliphatic heterocycles. The molecule has 2 rings (SSSR count). The molecule has 2 heteroatoms. The van der Waals surface area contributed by atoms with Gasteiger partial charge in [0, 0.05) is 12.5 Å². The smallest absolute Gasteiger partial charge is 0.123 e. The molecular formula is C10H12FN. The first-order valence-corrected chi connectivity index (χ1v) is 4.24. The molecule has 1 nitrogen and oxygen atoms in total. The zero-order valence-corrected chi connectivity index (χ0v) is 7.10. The van der Waals surface area contributed by atoms with Crippen LogP contribution in [0.4, 0.5) is 4.39 Å². The molecule has 1 N–H and O–H groups in total. The summed E-state index contributed by atoms with van der Waals surface area (Å²) >= 11 is 0. The maximum Gasteiger partial charge on any atom is 0.123 e. The maximum absolute atomic E-state index is 12.7. The molecule has 1 atom stereocenters. The van der Waals surface area contributed by atoms with Gasteiger partial charge in [-0.05, 0) is 36.7 Å². The number of likely N-dealkylation sites (N-methyl/N-ethyl adjacent to an activating group) is 1. The monoisotopic (exact) mass is 165 g/mol. The van der Waals surface area contributed by atoms with E-state index in [9.17, 15) is 4.39 Å². The molecular weight excluding hydrogens is 153 g/mol. The van der Waals surface area contributed by atoms with Crippen LogP contribution in [0.2, 0.25) is 0 Å². The summed E-state index contributed by atoms with van der Waals surface area (Å²) in [5.41, 5.74) is 2.49. The van der Waals surface area contributed by atoms with E-state index in [1.165, 1.54) is 11.1 Å². The van der Waals surface area contributed by atoms with Crippen molar-refractivity contribution >= 4 is 0 Å². The molecule has 0 heterocycles. The molecule has 1 aliphatic rings. The van der Waals surface area contributed by atoms with Gasteiger partial charge in [-0.1, -0.05) is 6.07 Å². The van der Waals surface area contributed by atoms with Crippen LogP contribution in [0.3, 0.4) is 0 Å². The first-order valence-electron chi connectivity index (χ1n) is 4.24. The molecule has 0 bridgehead atoms. The van der Waals surface area contributed by atoms with Crippen LogP contribution in [0, 0.1) is 5.82 Å². The molecule has 0 saturated carbocycles. The predicted octanol–water partition coefficient (Wildman–Crippen LogP) is 1.68. The van der Waals surface area contributed by atoms with E-state index in [0.717, 1.165) is 13.0 Å². The fourth-order valence-corrected chi connectivity index (χ4v) is 1.82. The van der Waals surface area contributed by atoms with Crippen molar-refractivity contribution in [2.75, 3.05) is 13.6 Å². The molecule has 64 valence electrons. The van der Waals surface area contributed by atoms with Crippen molar-refractivity contribution < 1.29 is 4.39 Å². The highest BCUT2D eigenvalue weighted by Gasteiger charge is 2.25. The van der Waals surface area contributed by atoms with Crippen LogP contribution in [0.15, 0.2) is 18.2 Å². The number of fused-ring (bicyclic) bond motifs is 1.